The van der Waals surface area contributed by atoms with E-state index in [1.807, 2.05) is 87.5 Å². The van der Waals surface area contributed by atoms with Gasteiger partial charge in [-0.15, -0.1) is 0 Å². The lowest BCUT2D eigenvalue weighted by Crippen LogP contribution is -2.14. The van der Waals surface area contributed by atoms with Crippen molar-refractivity contribution >= 4 is 0 Å². The Morgan fingerprint density at radius 1 is 0.611 bits per heavy atom. The minimum Gasteiger partial charge on any atom is -0.211 e. The summed E-state index contributed by atoms with van der Waals surface area (Å²) in [7, 11) is 0. The van der Waals surface area contributed by atoms with Crippen molar-refractivity contribution in [3.8, 4) is 39.7 Å². The monoisotopic (exact) mass is 484 g/mol. The molecular weight excluding hydrogens is 461 g/mol. The normalized spacial score (nSPS) is 11.6. The molecule has 0 unspecified atom stereocenters. The zero-order valence-electron chi connectivity index (χ0n) is 20.0. The molecule has 2 heterocycles. The second-order valence-corrected chi connectivity index (χ2v) is 8.87. The Bertz CT molecular complexity index is 1550. The van der Waals surface area contributed by atoms with Crippen molar-refractivity contribution in [2.45, 2.75) is 26.9 Å². The zero-order chi connectivity index (χ0) is 25.4. The molecule has 0 saturated carbocycles. The molecule has 7 heteroatoms. The Labute approximate surface area is 207 Å². The van der Waals surface area contributed by atoms with Crippen LogP contribution in [0.15, 0.2) is 84.9 Å². The Kier molecular flexibility index (Phi) is 5.92. The SMILES string of the molecule is Cc1ccc(-c2cc(C(F)(F)F)nc(-n3nc(-c4cccc(C)c4)cc3-c3cccc(C)c3)n2)cc1. The Hall–Kier alpha value is -4.26. The molecule has 0 amide bonds. The average molecular weight is 485 g/mol. The minimum absolute atomic E-state index is 0.143. The van der Waals surface area contributed by atoms with Gasteiger partial charge < -0.3 is 0 Å². The molecule has 0 aliphatic rings. The predicted molar refractivity (Wildman–Crippen MR) is 135 cm³/mol. The Morgan fingerprint density at radius 3 is 1.89 bits per heavy atom. The van der Waals surface area contributed by atoms with Crippen molar-refractivity contribution in [2.24, 2.45) is 0 Å². The van der Waals surface area contributed by atoms with Crippen LogP contribution in [-0.4, -0.2) is 19.7 Å². The molecule has 0 spiro atoms. The fraction of sp³-hybridized carbons (Fsp3) is 0.138. The molecule has 0 atom stereocenters. The fourth-order valence-electron chi connectivity index (χ4n) is 4.04. The lowest BCUT2D eigenvalue weighted by atomic mass is 10.1. The van der Waals surface area contributed by atoms with Crippen molar-refractivity contribution in [1.29, 1.82) is 0 Å². The van der Waals surface area contributed by atoms with E-state index in [2.05, 4.69) is 9.97 Å². The Balaban J connectivity index is 1.76. The summed E-state index contributed by atoms with van der Waals surface area (Å²) in [5.41, 5.74) is 5.67. The van der Waals surface area contributed by atoms with Gasteiger partial charge in [0.15, 0.2) is 5.69 Å². The van der Waals surface area contributed by atoms with Gasteiger partial charge in [-0.3, -0.25) is 0 Å². The maximum atomic E-state index is 13.9. The van der Waals surface area contributed by atoms with Crippen LogP contribution in [0.4, 0.5) is 13.2 Å². The molecule has 2 aromatic heterocycles. The maximum Gasteiger partial charge on any atom is 0.433 e. The summed E-state index contributed by atoms with van der Waals surface area (Å²) in [5.74, 6) is -0.143. The summed E-state index contributed by atoms with van der Waals surface area (Å²) in [4.78, 5) is 8.46. The molecule has 5 aromatic rings. The van der Waals surface area contributed by atoms with E-state index in [1.165, 1.54) is 4.68 Å². The largest absolute Gasteiger partial charge is 0.433 e. The molecule has 0 aliphatic carbocycles. The second kappa shape index (κ2) is 9.07. The van der Waals surface area contributed by atoms with E-state index in [0.29, 0.717) is 17.0 Å². The highest BCUT2D eigenvalue weighted by atomic mass is 19.4. The van der Waals surface area contributed by atoms with Gasteiger partial charge in [-0.2, -0.15) is 23.0 Å². The summed E-state index contributed by atoms with van der Waals surface area (Å²) in [5, 5.41) is 4.69. The van der Waals surface area contributed by atoms with Gasteiger partial charge in [0, 0.05) is 16.7 Å². The van der Waals surface area contributed by atoms with Crippen LogP contribution in [-0.2, 0) is 6.18 Å². The van der Waals surface area contributed by atoms with Gasteiger partial charge in [-0.1, -0.05) is 77.4 Å². The zero-order valence-corrected chi connectivity index (χ0v) is 20.0. The summed E-state index contributed by atoms with van der Waals surface area (Å²) < 4.78 is 43.1. The van der Waals surface area contributed by atoms with Crippen LogP contribution < -0.4 is 0 Å². The van der Waals surface area contributed by atoms with Gasteiger partial charge in [0.25, 0.3) is 5.95 Å². The third-order valence-corrected chi connectivity index (χ3v) is 5.88. The summed E-state index contributed by atoms with van der Waals surface area (Å²) in [6.07, 6.45) is -4.65. The molecule has 4 nitrogen and oxygen atoms in total. The van der Waals surface area contributed by atoms with Crippen molar-refractivity contribution in [2.75, 3.05) is 0 Å². The molecule has 36 heavy (non-hydrogen) atoms. The molecule has 0 fully saturated rings. The molecule has 5 rings (SSSR count). The first-order chi connectivity index (χ1) is 17.2. The lowest BCUT2D eigenvalue weighted by molar-refractivity contribution is -0.141. The number of hydrogen-bond acceptors (Lipinski definition) is 3. The number of nitrogens with zero attached hydrogens (tertiary/aromatic N) is 4. The highest BCUT2D eigenvalue weighted by Gasteiger charge is 2.34. The van der Waals surface area contributed by atoms with Crippen LogP contribution in [0.1, 0.15) is 22.4 Å². The number of aromatic nitrogens is 4. The van der Waals surface area contributed by atoms with Crippen LogP contribution in [0.5, 0.6) is 0 Å². The van der Waals surface area contributed by atoms with Crippen molar-refractivity contribution in [3.05, 3.63) is 107 Å². The smallest absolute Gasteiger partial charge is 0.211 e. The topological polar surface area (TPSA) is 43.6 Å². The maximum absolute atomic E-state index is 13.9. The molecule has 0 radical (unpaired) electrons. The second-order valence-electron chi connectivity index (χ2n) is 8.87. The summed E-state index contributed by atoms with van der Waals surface area (Å²) in [6.45, 7) is 5.86. The van der Waals surface area contributed by atoms with E-state index in [0.717, 1.165) is 33.9 Å². The van der Waals surface area contributed by atoms with Crippen LogP contribution in [0.25, 0.3) is 39.7 Å². The van der Waals surface area contributed by atoms with E-state index in [9.17, 15) is 13.2 Å². The molecule has 0 saturated heterocycles. The minimum atomic E-state index is -4.65. The highest BCUT2D eigenvalue weighted by molar-refractivity contribution is 5.71. The van der Waals surface area contributed by atoms with E-state index < -0.39 is 11.9 Å². The highest BCUT2D eigenvalue weighted by Crippen LogP contribution is 2.33. The van der Waals surface area contributed by atoms with Gasteiger partial charge in [0.2, 0.25) is 0 Å². The Morgan fingerprint density at radius 2 is 1.25 bits per heavy atom. The number of alkyl halides is 3. The molecule has 0 bridgehead atoms. The molecule has 0 N–H and O–H groups in total. The van der Waals surface area contributed by atoms with E-state index >= 15 is 0 Å². The van der Waals surface area contributed by atoms with E-state index in [-0.39, 0.29) is 11.6 Å². The van der Waals surface area contributed by atoms with Gasteiger partial charge in [-0.25, -0.2) is 9.97 Å². The van der Waals surface area contributed by atoms with Crippen LogP contribution in [0, 0.1) is 20.8 Å². The number of hydrogen-bond donors (Lipinski definition) is 0. The molecule has 180 valence electrons. The standard InChI is InChI=1S/C29H23F3N4/c1-18-10-12-21(13-11-18)24-17-27(29(30,31)32)34-28(33-24)36-26(23-9-5-7-20(3)15-23)16-25(35-36)22-8-4-6-19(2)14-22/h4-17H,1-3H3. The number of aryl methyl sites for hydroxylation is 3. The number of rotatable bonds is 4. The summed E-state index contributed by atoms with van der Waals surface area (Å²) >= 11 is 0. The first kappa shape index (κ1) is 23.5. The quantitative estimate of drug-likeness (QED) is 0.264. The molecule has 3 aromatic carbocycles. The third-order valence-electron chi connectivity index (χ3n) is 5.88. The van der Waals surface area contributed by atoms with Gasteiger partial charge in [0.05, 0.1) is 17.1 Å². The van der Waals surface area contributed by atoms with Crippen molar-refractivity contribution in [3.63, 3.8) is 0 Å². The molecular formula is C29H23F3N4. The van der Waals surface area contributed by atoms with Gasteiger partial charge in [-0.05, 0) is 45.0 Å². The number of halogens is 3. The number of benzene rings is 3. The van der Waals surface area contributed by atoms with Crippen LogP contribution in [0.2, 0.25) is 0 Å². The van der Waals surface area contributed by atoms with Gasteiger partial charge >= 0.3 is 6.18 Å². The third kappa shape index (κ3) is 4.77. The first-order valence-corrected chi connectivity index (χ1v) is 11.5. The summed E-state index contributed by atoms with van der Waals surface area (Å²) in [6, 6.07) is 25.6. The van der Waals surface area contributed by atoms with E-state index in [4.69, 9.17) is 5.10 Å². The molecule has 0 aliphatic heterocycles. The first-order valence-electron chi connectivity index (χ1n) is 11.5. The predicted octanol–water partition coefficient (Wildman–Crippen LogP) is 7.61. The van der Waals surface area contributed by atoms with Crippen molar-refractivity contribution in [1.82, 2.24) is 19.7 Å². The van der Waals surface area contributed by atoms with Crippen LogP contribution in [0.3, 0.4) is 0 Å². The average Bonchev–Trinajstić information content (AvgIpc) is 3.29. The van der Waals surface area contributed by atoms with Crippen molar-refractivity contribution < 1.29 is 13.2 Å². The van der Waals surface area contributed by atoms with E-state index in [1.54, 1.807) is 12.1 Å². The van der Waals surface area contributed by atoms with Crippen LogP contribution >= 0.6 is 0 Å². The van der Waals surface area contributed by atoms with Gasteiger partial charge in [0.1, 0.15) is 0 Å². The lowest BCUT2D eigenvalue weighted by Gasteiger charge is -2.13. The fourth-order valence-corrected chi connectivity index (χ4v) is 4.04.